The second-order valence-corrected chi connectivity index (χ2v) is 16.6. The van der Waals surface area contributed by atoms with Crippen molar-refractivity contribution >= 4 is 22.5 Å². The van der Waals surface area contributed by atoms with Crippen molar-refractivity contribution in [1.29, 1.82) is 0 Å². The van der Waals surface area contributed by atoms with E-state index >= 15 is 0 Å². The lowest BCUT2D eigenvalue weighted by atomic mass is 9.82. The van der Waals surface area contributed by atoms with Crippen molar-refractivity contribution in [2.24, 2.45) is 5.92 Å². The van der Waals surface area contributed by atoms with Gasteiger partial charge in [-0.15, -0.1) is 4.28 Å². The summed E-state index contributed by atoms with van der Waals surface area (Å²) >= 11 is 0. The van der Waals surface area contributed by atoms with E-state index in [1.165, 1.54) is 0 Å². The van der Waals surface area contributed by atoms with Gasteiger partial charge >= 0.3 is 22.5 Å². The molecule has 0 unspecified atom stereocenters. The van der Waals surface area contributed by atoms with Gasteiger partial charge in [0.25, 0.3) is 0 Å². The Morgan fingerprint density at radius 2 is 1.62 bits per heavy atom. The Balaban J connectivity index is 1.39. The monoisotopic (exact) mass is 725 g/mol. The minimum atomic E-state index is -4.59. The van der Waals surface area contributed by atoms with E-state index in [2.05, 4.69) is 32.9 Å². The molecule has 3 amide bonds. The van der Waals surface area contributed by atoms with E-state index in [0.717, 1.165) is 87.9 Å². The quantitative estimate of drug-likeness (QED) is 0.129. The summed E-state index contributed by atoms with van der Waals surface area (Å²) in [6.45, 7) is 16.1. The van der Waals surface area contributed by atoms with Crippen LogP contribution in [0.25, 0.3) is 0 Å². The van der Waals surface area contributed by atoms with Crippen LogP contribution in [0.5, 0.6) is 0 Å². The van der Waals surface area contributed by atoms with Crippen molar-refractivity contribution in [3.8, 4) is 0 Å². The molecule has 286 valence electrons. The number of aromatic nitrogens is 1. The van der Waals surface area contributed by atoms with Crippen LogP contribution in [0.2, 0.25) is 0 Å². The Labute approximate surface area is 300 Å². The second-order valence-electron chi connectivity index (χ2n) is 15.5. The number of nitrogens with zero attached hydrogens (tertiary/aromatic N) is 5. The first-order valence-corrected chi connectivity index (χ1v) is 20.5. The Morgan fingerprint density at radius 3 is 2.22 bits per heavy atom. The molecule has 0 spiro atoms. The zero-order valence-electron chi connectivity index (χ0n) is 31.7. The number of carbonyl (C=O) groups is 2. The number of hydrogen-bond donors (Lipinski definition) is 0. The SMILES string of the molecule is CCCCN(OS(=O)(=O)ON1C(=O)N2C[C@@H]1CC[C@H]2c1cc(CC2CCN(C(=O)OC(C)(C)C)CC2)on1)C(CCC)(CCCC)CCCC. The zero-order chi connectivity index (χ0) is 36.5. The molecule has 0 aromatic carbocycles. The van der Waals surface area contributed by atoms with Gasteiger partial charge in [0.2, 0.25) is 0 Å². The number of ether oxygens (including phenoxy) is 1. The smallest absolute Gasteiger partial charge is 0.437 e. The van der Waals surface area contributed by atoms with Gasteiger partial charge in [0, 0.05) is 44.2 Å². The van der Waals surface area contributed by atoms with Gasteiger partial charge in [-0.05, 0) is 78.1 Å². The average molecular weight is 726 g/mol. The summed E-state index contributed by atoms with van der Waals surface area (Å²) in [4.78, 5) is 29.5. The fourth-order valence-corrected chi connectivity index (χ4v) is 8.52. The number of amides is 3. The Bertz CT molecular complexity index is 1330. The molecule has 2 bridgehead atoms. The number of hydroxylamine groups is 4. The normalized spacial score (nSPS) is 20.7. The molecule has 1 aromatic heterocycles. The molecule has 0 saturated carbocycles. The molecule has 13 nitrogen and oxygen atoms in total. The van der Waals surface area contributed by atoms with Gasteiger partial charge in [0.1, 0.15) is 17.1 Å². The molecule has 0 radical (unpaired) electrons. The molecule has 3 fully saturated rings. The standard InChI is InChI=1S/C36H63N5O8S/c1-8-12-20-36(19-11-4,21-13-9-2)40(22-14-10-3)48-50(44,45)49-41-29-15-16-32(39(27-29)33(41)42)31-26-30(47-37-31)25-28-17-23-38(24-18-28)34(43)46-35(5,6)7/h26,28-29,32H,8-25,27H2,1-7H3/t29-,32-/m0/s1. The topological polar surface area (TPSA) is 135 Å². The van der Waals surface area contributed by atoms with Crippen LogP contribution in [-0.4, -0.2) is 89.0 Å². The van der Waals surface area contributed by atoms with Crippen molar-refractivity contribution < 1.29 is 35.8 Å². The number of carbonyl (C=O) groups excluding carboxylic acids is 2. The summed E-state index contributed by atoms with van der Waals surface area (Å²) in [6, 6.07) is 0.640. The summed E-state index contributed by atoms with van der Waals surface area (Å²) < 4.78 is 49.8. The lowest BCUT2D eigenvalue weighted by Crippen LogP contribution is -2.51. The summed E-state index contributed by atoms with van der Waals surface area (Å²) in [7, 11) is -4.59. The van der Waals surface area contributed by atoms with Crippen LogP contribution in [0.3, 0.4) is 0 Å². The van der Waals surface area contributed by atoms with Gasteiger partial charge in [0.05, 0.1) is 12.1 Å². The lowest BCUT2D eigenvalue weighted by molar-refractivity contribution is -0.172. The van der Waals surface area contributed by atoms with E-state index < -0.39 is 33.6 Å². The van der Waals surface area contributed by atoms with Crippen LogP contribution in [0.15, 0.2) is 10.6 Å². The number of likely N-dealkylation sites (tertiary alicyclic amines) is 1. The number of hydrogen-bond acceptors (Lipinski definition) is 10. The van der Waals surface area contributed by atoms with Crippen molar-refractivity contribution in [2.75, 3.05) is 26.2 Å². The molecule has 3 saturated heterocycles. The summed E-state index contributed by atoms with van der Waals surface area (Å²) in [5.41, 5.74) is -0.295. The lowest BCUT2D eigenvalue weighted by Gasteiger charge is -2.43. The van der Waals surface area contributed by atoms with E-state index in [0.29, 0.717) is 57.1 Å². The van der Waals surface area contributed by atoms with Gasteiger partial charge in [-0.2, -0.15) is 22.8 Å². The molecule has 50 heavy (non-hydrogen) atoms. The summed E-state index contributed by atoms with van der Waals surface area (Å²) in [5.74, 6) is 1.08. The zero-order valence-corrected chi connectivity index (χ0v) is 32.5. The third kappa shape index (κ3) is 10.6. The largest absolute Gasteiger partial charge is 0.444 e. The van der Waals surface area contributed by atoms with Gasteiger partial charge in [-0.25, -0.2) is 9.59 Å². The number of piperidine rings is 2. The first-order chi connectivity index (χ1) is 23.7. The fourth-order valence-electron chi connectivity index (χ4n) is 7.65. The minimum absolute atomic E-state index is 0.279. The molecule has 4 heterocycles. The highest BCUT2D eigenvalue weighted by molar-refractivity contribution is 7.81. The highest BCUT2D eigenvalue weighted by atomic mass is 32.3. The van der Waals surface area contributed by atoms with E-state index in [-0.39, 0.29) is 12.1 Å². The molecule has 2 atom stereocenters. The average Bonchev–Trinajstić information content (AvgIpc) is 3.62. The van der Waals surface area contributed by atoms with E-state index in [4.69, 9.17) is 17.8 Å². The minimum Gasteiger partial charge on any atom is -0.444 e. The number of fused-ring (bicyclic) bond motifs is 2. The van der Waals surface area contributed by atoms with Crippen LogP contribution in [-0.2, 0) is 30.1 Å². The van der Waals surface area contributed by atoms with Crippen molar-refractivity contribution in [3.63, 3.8) is 0 Å². The maximum atomic E-state index is 13.7. The predicted molar refractivity (Wildman–Crippen MR) is 190 cm³/mol. The van der Waals surface area contributed by atoms with Crippen molar-refractivity contribution in [1.82, 2.24) is 25.1 Å². The molecule has 0 aliphatic carbocycles. The maximum Gasteiger partial charge on any atom is 0.437 e. The van der Waals surface area contributed by atoms with Gasteiger partial charge in [-0.1, -0.05) is 71.4 Å². The van der Waals surface area contributed by atoms with E-state index in [1.54, 1.807) is 14.9 Å². The van der Waals surface area contributed by atoms with Crippen molar-refractivity contribution in [3.05, 3.63) is 17.5 Å². The highest BCUT2D eigenvalue weighted by Gasteiger charge is 2.49. The van der Waals surface area contributed by atoms with Crippen molar-refractivity contribution in [2.45, 2.75) is 168 Å². The number of rotatable bonds is 19. The van der Waals surface area contributed by atoms with E-state index in [1.807, 2.05) is 26.8 Å². The molecule has 4 rings (SSSR count). The van der Waals surface area contributed by atoms with Gasteiger partial charge in [0.15, 0.2) is 0 Å². The van der Waals surface area contributed by atoms with Gasteiger partial charge < -0.3 is 19.1 Å². The molecular weight excluding hydrogens is 662 g/mol. The van der Waals surface area contributed by atoms with Crippen LogP contribution < -0.4 is 0 Å². The number of unbranched alkanes of at least 4 members (excludes halogenated alkanes) is 3. The maximum absolute atomic E-state index is 13.7. The first-order valence-electron chi connectivity index (χ1n) is 19.2. The van der Waals surface area contributed by atoms with E-state index in [9.17, 15) is 18.0 Å². The molecular formula is C36H63N5O8S. The molecule has 3 aliphatic rings. The summed E-state index contributed by atoms with van der Waals surface area (Å²) in [6.07, 6.45) is 12.3. The predicted octanol–water partition coefficient (Wildman–Crippen LogP) is 7.93. The molecule has 3 aliphatic heterocycles. The molecule has 0 N–H and O–H groups in total. The third-order valence-corrected chi connectivity index (χ3v) is 11.0. The van der Waals surface area contributed by atoms with Crippen LogP contribution in [0, 0.1) is 5.92 Å². The molecule has 1 aromatic rings. The Morgan fingerprint density at radius 1 is 0.960 bits per heavy atom. The second kappa shape index (κ2) is 17.9. The van der Waals surface area contributed by atoms with Crippen LogP contribution in [0.4, 0.5) is 9.59 Å². The highest BCUT2D eigenvalue weighted by Crippen LogP contribution is 2.40. The Hall–Kier alpha value is -2.42. The third-order valence-electron chi connectivity index (χ3n) is 10.3. The number of urea groups is 1. The first kappa shape index (κ1) is 40.4. The Kier molecular flexibility index (Phi) is 14.4. The summed E-state index contributed by atoms with van der Waals surface area (Å²) in [5, 5.41) is 7.01. The van der Waals surface area contributed by atoms with Crippen LogP contribution in [0.1, 0.15) is 156 Å². The fraction of sp³-hybridized carbons (Fsp3) is 0.861. The molecule has 14 heteroatoms. The van der Waals surface area contributed by atoms with Gasteiger partial charge in [-0.3, -0.25) is 0 Å². The van der Waals surface area contributed by atoms with Crippen LogP contribution >= 0.6 is 0 Å².